The van der Waals surface area contributed by atoms with Gasteiger partial charge in [0.15, 0.2) is 0 Å². The number of anilines is 2. The molecule has 36 heavy (non-hydrogen) atoms. The topological polar surface area (TPSA) is 103 Å². The van der Waals surface area contributed by atoms with E-state index in [0.717, 1.165) is 52.6 Å². The molecule has 3 aliphatic heterocycles. The number of nitrogens with zero attached hydrogens (tertiary/aromatic N) is 4. The van der Waals surface area contributed by atoms with E-state index in [-0.39, 0.29) is 18.7 Å². The molecule has 10 heteroatoms. The zero-order valence-corrected chi connectivity index (χ0v) is 22.1. The molecule has 0 saturated carbocycles. The van der Waals surface area contributed by atoms with E-state index in [1.165, 1.54) is 0 Å². The monoisotopic (exact) mass is 553 g/mol. The highest BCUT2D eigenvalue weighted by Crippen LogP contribution is 2.41. The van der Waals surface area contributed by atoms with Gasteiger partial charge in [-0.1, -0.05) is 36.7 Å². The van der Waals surface area contributed by atoms with Crippen molar-refractivity contribution in [1.29, 1.82) is 0 Å². The highest BCUT2D eigenvalue weighted by molar-refractivity contribution is 9.10. The predicted octanol–water partition coefficient (Wildman–Crippen LogP) is 2.87. The Bertz CT molecular complexity index is 1280. The largest absolute Gasteiger partial charge is 0.368 e. The van der Waals surface area contributed by atoms with Gasteiger partial charge in [0.25, 0.3) is 11.8 Å². The van der Waals surface area contributed by atoms with Crippen LogP contribution in [0.4, 0.5) is 11.5 Å². The maximum Gasteiger partial charge on any atom is 0.262 e. The molecule has 1 N–H and O–H groups in total. The first-order valence-electron chi connectivity index (χ1n) is 12.1. The smallest absolute Gasteiger partial charge is 0.262 e. The van der Waals surface area contributed by atoms with Crippen molar-refractivity contribution in [2.24, 2.45) is 0 Å². The van der Waals surface area contributed by atoms with Crippen LogP contribution in [0, 0.1) is 0 Å². The number of hydrogen-bond acceptors (Lipinski definition) is 7. The molecule has 1 aromatic heterocycles. The van der Waals surface area contributed by atoms with Crippen LogP contribution in [0.1, 0.15) is 59.9 Å². The molecule has 0 aliphatic carbocycles. The molecule has 2 fully saturated rings. The summed E-state index contributed by atoms with van der Waals surface area (Å²) in [6.45, 7) is 9.07. The van der Waals surface area contributed by atoms with Crippen molar-refractivity contribution in [2.45, 2.75) is 45.1 Å². The highest BCUT2D eigenvalue weighted by Gasteiger charge is 2.47. The van der Waals surface area contributed by atoms with Crippen LogP contribution >= 0.6 is 15.9 Å². The molecule has 4 heterocycles. The molecular weight excluding hydrogens is 526 g/mol. The minimum Gasteiger partial charge on any atom is -0.368 e. The van der Waals surface area contributed by atoms with E-state index in [9.17, 15) is 19.2 Å². The number of hydrogen-bond donors (Lipinski definition) is 1. The van der Waals surface area contributed by atoms with Gasteiger partial charge in [-0.15, -0.1) is 0 Å². The van der Waals surface area contributed by atoms with Gasteiger partial charge in [-0.3, -0.25) is 29.4 Å². The molecule has 4 amide bonds. The average Bonchev–Trinajstić information content (AvgIpc) is 3.08. The summed E-state index contributed by atoms with van der Waals surface area (Å²) >= 11 is 3.51. The summed E-state index contributed by atoms with van der Waals surface area (Å²) in [6, 6.07) is 6.54. The molecule has 1 atom stereocenters. The highest BCUT2D eigenvalue weighted by atomic mass is 79.9. The van der Waals surface area contributed by atoms with Crippen LogP contribution in [0.2, 0.25) is 0 Å². The molecule has 5 rings (SSSR count). The second-order valence-electron chi connectivity index (χ2n) is 10.4. The summed E-state index contributed by atoms with van der Waals surface area (Å²) in [5.41, 5.74) is 1.98. The SMILES string of the molecule is CC(C)(C)c1c(N2CCN(c3cc(Br)ccn3)CC2)ccc2c1C(=O)N(C1CCC(=O)NC1=O)C2=O. The first kappa shape index (κ1) is 24.4. The summed E-state index contributed by atoms with van der Waals surface area (Å²) in [4.78, 5) is 61.2. The van der Waals surface area contributed by atoms with Gasteiger partial charge >= 0.3 is 0 Å². The quantitative estimate of drug-likeness (QED) is 0.583. The van der Waals surface area contributed by atoms with E-state index in [1.54, 1.807) is 12.3 Å². The van der Waals surface area contributed by atoms with Crippen molar-refractivity contribution in [2.75, 3.05) is 36.0 Å². The molecule has 1 aromatic carbocycles. The Kier molecular flexibility index (Phi) is 6.10. The van der Waals surface area contributed by atoms with E-state index in [0.29, 0.717) is 11.1 Å². The number of benzene rings is 1. The molecule has 0 bridgehead atoms. The Morgan fingerprint density at radius 2 is 1.67 bits per heavy atom. The van der Waals surface area contributed by atoms with Crippen molar-refractivity contribution in [3.8, 4) is 0 Å². The Morgan fingerprint density at radius 1 is 0.972 bits per heavy atom. The third-order valence-corrected chi connectivity index (χ3v) is 7.48. The number of piperidine rings is 1. The molecule has 3 aliphatic rings. The maximum absolute atomic E-state index is 13.7. The Labute approximate surface area is 218 Å². The van der Waals surface area contributed by atoms with E-state index in [1.807, 2.05) is 39.0 Å². The van der Waals surface area contributed by atoms with Gasteiger partial charge in [0, 0.05) is 49.0 Å². The van der Waals surface area contributed by atoms with E-state index >= 15 is 0 Å². The fourth-order valence-corrected chi connectivity index (χ4v) is 5.63. The zero-order chi connectivity index (χ0) is 25.8. The average molecular weight is 554 g/mol. The second-order valence-corrected chi connectivity index (χ2v) is 11.3. The summed E-state index contributed by atoms with van der Waals surface area (Å²) in [6.07, 6.45) is 2.01. The fourth-order valence-electron chi connectivity index (χ4n) is 5.31. The van der Waals surface area contributed by atoms with Crippen molar-refractivity contribution in [3.05, 3.63) is 51.6 Å². The number of rotatable bonds is 3. The lowest BCUT2D eigenvalue weighted by Gasteiger charge is -2.39. The minimum atomic E-state index is -0.979. The van der Waals surface area contributed by atoms with E-state index < -0.39 is 29.2 Å². The van der Waals surface area contributed by atoms with E-state index in [4.69, 9.17) is 0 Å². The third-order valence-electron chi connectivity index (χ3n) is 6.99. The van der Waals surface area contributed by atoms with Gasteiger partial charge in [0.1, 0.15) is 11.9 Å². The molecule has 2 saturated heterocycles. The second kappa shape index (κ2) is 8.99. The number of fused-ring (bicyclic) bond motifs is 1. The number of carbonyl (C=O) groups is 4. The normalized spacial score (nSPS) is 20.7. The van der Waals surface area contributed by atoms with Gasteiger partial charge in [0.2, 0.25) is 11.8 Å². The fraction of sp³-hybridized carbons (Fsp3) is 0.423. The van der Waals surface area contributed by atoms with Crippen molar-refractivity contribution >= 4 is 51.1 Å². The predicted molar refractivity (Wildman–Crippen MR) is 138 cm³/mol. The van der Waals surface area contributed by atoms with Crippen LogP contribution in [-0.4, -0.2) is 65.7 Å². The number of aromatic nitrogens is 1. The molecule has 0 spiro atoms. The lowest BCUT2D eigenvalue weighted by molar-refractivity contribution is -0.136. The van der Waals surface area contributed by atoms with Crippen LogP contribution in [0.15, 0.2) is 34.9 Å². The summed E-state index contributed by atoms with van der Waals surface area (Å²) < 4.78 is 0.979. The number of pyridine rings is 1. The lowest BCUT2D eigenvalue weighted by atomic mass is 9.80. The number of imide groups is 2. The van der Waals surface area contributed by atoms with Crippen molar-refractivity contribution in [1.82, 2.24) is 15.2 Å². The first-order chi connectivity index (χ1) is 17.1. The van der Waals surface area contributed by atoms with Gasteiger partial charge in [-0.05, 0) is 41.7 Å². The molecule has 1 unspecified atom stereocenters. The van der Waals surface area contributed by atoms with Gasteiger partial charge < -0.3 is 9.80 Å². The van der Waals surface area contributed by atoms with Crippen LogP contribution in [0.5, 0.6) is 0 Å². The third kappa shape index (κ3) is 4.17. The van der Waals surface area contributed by atoms with Gasteiger partial charge in [-0.25, -0.2) is 4.98 Å². The van der Waals surface area contributed by atoms with Crippen LogP contribution < -0.4 is 15.1 Å². The molecule has 0 radical (unpaired) electrons. The molecule has 2 aromatic rings. The number of halogens is 1. The number of piperazine rings is 1. The molecule has 9 nitrogen and oxygen atoms in total. The summed E-state index contributed by atoms with van der Waals surface area (Å²) in [7, 11) is 0. The van der Waals surface area contributed by atoms with Gasteiger partial charge in [0.05, 0.1) is 11.1 Å². The lowest BCUT2D eigenvalue weighted by Crippen LogP contribution is -2.54. The Hall–Kier alpha value is -3.27. The van der Waals surface area contributed by atoms with Crippen LogP contribution in [0.25, 0.3) is 0 Å². The van der Waals surface area contributed by atoms with Crippen LogP contribution in [0.3, 0.4) is 0 Å². The van der Waals surface area contributed by atoms with E-state index in [2.05, 4.69) is 36.0 Å². The van der Waals surface area contributed by atoms with Crippen LogP contribution in [-0.2, 0) is 15.0 Å². The summed E-state index contributed by atoms with van der Waals surface area (Å²) in [5.74, 6) is -1.02. The van der Waals surface area contributed by atoms with Crippen molar-refractivity contribution < 1.29 is 19.2 Å². The number of amides is 4. The number of carbonyl (C=O) groups excluding carboxylic acids is 4. The first-order valence-corrected chi connectivity index (χ1v) is 12.9. The van der Waals surface area contributed by atoms with Gasteiger partial charge in [-0.2, -0.15) is 0 Å². The molecular formula is C26H28BrN5O4. The summed E-state index contributed by atoms with van der Waals surface area (Å²) in [5, 5.41) is 2.26. The Balaban J connectivity index is 1.47. The number of nitrogens with one attached hydrogen (secondary N) is 1. The van der Waals surface area contributed by atoms with Crippen molar-refractivity contribution in [3.63, 3.8) is 0 Å². The Morgan fingerprint density at radius 3 is 2.31 bits per heavy atom. The maximum atomic E-state index is 13.7. The zero-order valence-electron chi connectivity index (χ0n) is 20.5. The minimum absolute atomic E-state index is 0.0955. The molecule has 188 valence electrons. The standard InChI is InChI=1S/C26H28BrN5O4/c1-26(2,3)22-17(30-10-12-31(13-11-30)19-14-15(27)8-9-28-19)5-4-16-21(22)25(36)32(24(16)35)18-6-7-20(33)29-23(18)34/h4-5,8-9,14,18H,6-7,10-13H2,1-3H3,(H,29,33,34).